The first-order valence-electron chi connectivity index (χ1n) is 13.5. The molecule has 0 saturated carbocycles. The average molecular weight is 619 g/mol. The molecule has 0 aliphatic rings. The minimum atomic E-state index is -4.82. The van der Waals surface area contributed by atoms with E-state index in [0.29, 0.717) is 11.2 Å². The van der Waals surface area contributed by atoms with Crippen LogP contribution in [0, 0.1) is 15.9 Å². The van der Waals surface area contributed by atoms with Gasteiger partial charge in [0.25, 0.3) is 0 Å². The second kappa shape index (κ2) is 13.0. The van der Waals surface area contributed by atoms with Crippen molar-refractivity contribution >= 4 is 22.7 Å². The fourth-order valence-electron chi connectivity index (χ4n) is 4.43. The smallest absolute Gasteiger partial charge is 0.435 e. The van der Waals surface area contributed by atoms with E-state index in [1.165, 1.54) is 18.2 Å². The molecule has 14 heteroatoms. The largest absolute Gasteiger partial charge is 0.492 e. The van der Waals surface area contributed by atoms with Crippen LogP contribution in [-0.4, -0.2) is 56.1 Å². The van der Waals surface area contributed by atoms with Gasteiger partial charge in [0.2, 0.25) is 5.82 Å². The lowest BCUT2D eigenvalue weighted by Gasteiger charge is -2.25. The van der Waals surface area contributed by atoms with Gasteiger partial charge in [-0.25, -0.2) is 4.79 Å². The Kier molecular flexibility index (Phi) is 9.54. The Morgan fingerprint density at radius 3 is 2.43 bits per heavy atom. The molecule has 3 aromatic carbocycles. The van der Waals surface area contributed by atoms with Crippen molar-refractivity contribution in [3.05, 3.63) is 99.5 Å². The minimum Gasteiger partial charge on any atom is -0.492 e. The third-order valence-electron chi connectivity index (χ3n) is 6.40. The number of fused-ring (bicyclic) bond motifs is 1. The number of carbonyl (C=O) groups excluding carboxylic acids is 1. The quantitative estimate of drug-likeness (QED) is 0.122. The summed E-state index contributed by atoms with van der Waals surface area (Å²) in [5, 5.41) is 25.2. The fourth-order valence-corrected chi connectivity index (χ4v) is 4.43. The maximum atomic E-state index is 13.8. The van der Waals surface area contributed by atoms with Gasteiger partial charge in [-0.1, -0.05) is 36.4 Å². The molecule has 0 fully saturated rings. The number of aliphatic hydroxyl groups excluding tert-OH is 1. The summed E-state index contributed by atoms with van der Waals surface area (Å²) in [6, 6.07) is 16.2. The molecule has 0 spiro atoms. The van der Waals surface area contributed by atoms with Gasteiger partial charge in [0, 0.05) is 37.2 Å². The molecule has 1 N–H and O–H groups in total. The molecule has 0 saturated heterocycles. The van der Waals surface area contributed by atoms with Crippen molar-refractivity contribution in [1.29, 1.82) is 0 Å². The van der Waals surface area contributed by atoms with Crippen LogP contribution in [0.2, 0.25) is 0 Å². The first-order valence-corrected chi connectivity index (χ1v) is 13.5. The second-order valence-electron chi connectivity index (χ2n) is 11.0. The van der Waals surface area contributed by atoms with Gasteiger partial charge in [-0.2, -0.15) is 27.3 Å². The number of hydrogen-bond acceptors (Lipinski definition) is 8. The van der Waals surface area contributed by atoms with Crippen LogP contribution >= 0.6 is 0 Å². The van der Waals surface area contributed by atoms with Crippen LogP contribution in [0.25, 0.3) is 10.9 Å². The van der Waals surface area contributed by atoms with E-state index in [9.17, 15) is 37.6 Å². The van der Waals surface area contributed by atoms with Crippen molar-refractivity contribution in [3.8, 4) is 5.75 Å². The van der Waals surface area contributed by atoms with Gasteiger partial charge in [0.15, 0.2) is 5.69 Å². The number of alkyl halides is 3. The highest BCUT2D eigenvalue weighted by Crippen LogP contribution is 2.35. The molecule has 1 heterocycles. The van der Waals surface area contributed by atoms with E-state index < -0.39 is 46.1 Å². The van der Waals surface area contributed by atoms with Crippen molar-refractivity contribution in [2.45, 2.75) is 45.2 Å². The maximum absolute atomic E-state index is 13.8. The van der Waals surface area contributed by atoms with Gasteiger partial charge in [0.1, 0.15) is 18.0 Å². The van der Waals surface area contributed by atoms with E-state index >= 15 is 0 Å². The predicted octanol–water partition coefficient (Wildman–Crippen LogP) is 6.50. The molecule has 0 aliphatic heterocycles. The van der Waals surface area contributed by atoms with Crippen molar-refractivity contribution in [3.63, 3.8) is 0 Å². The number of aromatic nitrogens is 2. The van der Waals surface area contributed by atoms with Crippen LogP contribution in [-0.2, 0) is 17.5 Å². The van der Waals surface area contributed by atoms with Gasteiger partial charge in [-0.05, 0) is 50.1 Å². The molecule has 1 atom stereocenters. The van der Waals surface area contributed by atoms with Crippen molar-refractivity contribution in [2.24, 2.45) is 0 Å². The number of carbonyl (C=O) groups is 1. The number of rotatable bonds is 10. The molecule has 44 heavy (non-hydrogen) atoms. The van der Waals surface area contributed by atoms with Crippen LogP contribution in [0.5, 0.6) is 5.75 Å². The number of hydrogen-bond donors (Lipinski definition) is 1. The van der Waals surface area contributed by atoms with E-state index in [-0.39, 0.29) is 41.9 Å². The Bertz CT molecular complexity index is 1640. The Morgan fingerprint density at radius 1 is 1.09 bits per heavy atom. The number of ether oxygens (including phenoxy) is 2. The van der Waals surface area contributed by atoms with E-state index in [2.05, 4.69) is 5.10 Å². The van der Waals surface area contributed by atoms with E-state index in [1.54, 1.807) is 25.7 Å². The molecule has 0 amide bonds. The monoisotopic (exact) mass is 618 g/mol. The highest BCUT2D eigenvalue weighted by Gasteiger charge is 2.38. The van der Waals surface area contributed by atoms with Crippen molar-refractivity contribution in [2.75, 3.05) is 19.7 Å². The highest BCUT2D eigenvalue weighted by molar-refractivity contribution is 5.91. The van der Waals surface area contributed by atoms with E-state index in [4.69, 9.17) is 9.47 Å². The Labute approximate surface area is 249 Å². The van der Waals surface area contributed by atoms with Crippen LogP contribution in [0.3, 0.4) is 0 Å². The minimum absolute atomic E-state index is 0.000430. The molecule has 0 bridgehead atoms. The number of nitro benzene ring substituents is 1. The summed E-state index contributed by atoms with van der Waals surface area (Å²) >= 11 is 0. The van der Waals surface area contributed by atoms with Crippen LogP contribution in [0.15, 0.2) is 66.7 Å². The highest BCUT2D eigenvalue weighted by atomic mass is 19.4. The first kappa shape index (κ1) is 32.4. The zero-order valence-corrected chi connectivity index (χ0v) is 24.0. The van der Waals surface area contributed by atoms with E-state index in [1.807, 2.05) is 30.3 Å². The summed E-state index contributed by atoms with van der Waals surface area (Å²) < 4.78 is 66.5. The summed E-state index contributed by atoms with van der Waals surface area (Å²) in [7, 11) is 0. The number of nitro groups is 1. The van der Waals surface area contributed by atoms with Crippen molar-refractivity contribution in [1.82, 2.24) is 14.7 Å². The van der Waals surface area contributed by atoms with Crippen LogP contribution in [0.4, 0.5) is 28.0 Å². The summed E-state index contributed by atoms with van der Waals surface area (Å²) in [6.07, 6.45) is -7.12. The summed E-state index contributed by atoms with van der Waals surface area (Å²) in [6.45, 7) is 5.31. The maximum Gasteiger partial charge on any atom is 0.435 e. The number of nitrogens with zero attached hydrogens (tertiary/aromatic N) is 4. The molecular formula is C30H30F4N4O6. The summed E-state index contributed by atoms with van der Waals surface area (Å²) in [5.74, 6) is -0.863. The van der Waals surface area contributed by atoms with Gasteiger partial charge in [0.05, 0.1) is 16.5 Å². The standard InChI is InChI=1S/C30H30F4N4O6/c1-29(2,3)44-28(40)37-24-16-21(10-11-22(24)27(35-37)30(32,33)34)43-14-13-36(17-19-7-5-4-6-8-19)18-26(39)20-9-12-23(31)25(15-20)38(41)42/h4-12,15-16,26,39H,13-14,17-18H2,1-3H3. The van der Waals surface area contributed by atoms with Gasteiger partial charge in [-0.15, -0.1) is 0 Å². The Hall–Kier alpha value is -4.56. The third kappa shape index (κ3) is 8.08. The third-order valence-corrected chi connectivity index (χ3v) is 6.40. The molecular weight excluding hydrogens is 588 g/mol. The van der Waals surface area contributed by atoms with Crippen molar-refractivity contribution < 1.29 is 41.9 Å². The summed E-state index contributed by atoms with van der Waals surface area (Å²) in [5.41, 5.74) is -2.08. The molecule has 1 unspecified atom stereocenters. The van der Waals surface area contributed by atoms with Gasteiger partial charge >= 0.3 is 18.0 Å². The lowest BCUT2D eigenvalue weighted by molar-refractivity contribution is -0.387. The average Bonchev–Trinajstić information content (AvgIpc) is 3.32. The molecule has 4 rings (SSSR count). The normalized spacial score (nSPS) is 12.8. The van der Waals surface area contributed by atoms with Crippen LogP contribution < -0.4 is 4.74 Å². The molecule has 10 nitrogen and oxygen atoms in total. The molecule has 234 valence electrons. The SMILES string of the molecule is CC(C)(C)OC(=O)n1nc(C(F)(F)F)c2ccc(OCCN(Cc3ccccc3)CC(O)c3ccc(F)c([N+](=O)[O-])c3)cc21. The van der Waals surface area contributed by atoms with E-state index in [0.717, 1.165) is 23.8 Å². The Morgan fingerprint density at radius 2 is 1.80 bits per heavy atom. The Balaban J connectivity index is 1.54. The zero-order chi connectivity index (χ0) is 32.2. The lowest BCUT2D eigenvalue weighted by Crippen LogP contribution is -2.32. The molecule has 4 aromatic rings. The molecule has 1 aromatic heterocycles. The first-order chi connectivity index (χ1) is 20.6. The number of aliphatic hydroxyl groups is 1. The number of halogens is 4. The van der Waals surface area contributed by atoms with Crippen LogP contribution in [0.1, 0.15) is 43.7 Å². The molecule has 0 aliphatic carbocycles. The topological polar surface area (TPSA) is 120 Å². The fraction of sp³-hybridized carbons (Fsp3) is 0.333. The molecule has 0 radical (unpaired) electrons. The summed E-state index contributed by atoms with van der Waals surface area (Å²) in [4.78, 5) is 24.8. The predicted molar refractivity (Wildman–Crippen MR) is 152 cm³/mol. The van der Waals surface area contributed by atoms with Gasteiger partial charge < -0.3 is 14.6 Å². The zero-order valence-electron chi connectivity index (χ0n) is 24.0. The lowest BCUT2D eigenvalue weighted by atomic mass is 10.1. The van der Waals surface area contributed by atoms with Gasteiger partial charge in [-0.3, -0.25) is 15.0 Å². The second-order valence-corrected chi connectivity index (χ2v) is 11.0. The number of benzene rings is 3.